The Hall–Kier alpha value is -0.110. The van der Waals surface area contributed by atoms with Gasteiger partial charge in [-0.25, -0.2) is 0 Å². The van der Waals surface area contributed by atoms with Crippen molar-refractivity contribution >= 4 is 26.9 Å². The van der Waals surface area contributed by atoms with E-state index >= 15 is 0 Å². The van der Waals surface area contributed by atoms with E-state index in [2.05, 4.69) is 0 Å². The highest BCUT2D eigenvalue weighted by Gasteiger charge is 2.10. The van der Waals surface area contributed by atoms with Crippen molar-refractivity contribution in [2.45, 2.75) is 6.04 Å². The second-order valence-corrected chi connectivity index (χ2v) is 3.93. The maximum absolute atomic E-state index is 9.97. The largest absolute Gasteiger partial charge is 0.764 e. The fourth-order valence-electron chi connectivity index (χ4n) is 0.200. The van der Waals surface area contributed by atoms with Crippen LogP contribution in [0, 0.1) is 0 Å². The van der Waals surface area contributed by atoms with Crippen LogP contribution in [-0.2, 0) is 14.9 Å². The lowest BCUT2D eigenvalue weighted by Gasteiger charge is -2.06. The maximum atomic E-state index is 9.97. The summed E-state index contributed by atoms with van der Waals surface area (Å²) in [6.45, 7) is 0. The van der Waals surface area contributed by atoms with E-state index in [0.717, 1.165) is 0 Å². The summed E-state index contributed by atoms with van der Waals surface area (Å²) < 4.78 is 19.7. The predicted molar refractivity (Wildman–Crippen MR) is 37.0 cm³/mol. The molecule has 1 unspecified atom stereocenters. The first kappa shape index (κ1) is 9.89. The third-order valence-corrected chi connectivity index (χ3v) is 2.33. The van der Waals surface area contributed by atoms with Gasteiger partial charge in [0.15, 0.2) is 0 Å². The summed E-state index contributed by atoms with van der Waals surface area (Å²) in [5.74, 6) is -1.32. The van der Waals surface area contributed by atoms with Crippen LogP contribution in [0.15, 0.2) is 0 Å². The summed E-state index contributed by atoms with van der Waals surface area (Å²) in [7, 11) is -1.80. The molecular formula is C3H6NO4S2-. The second-order valence-electron chi connectivity index (χ2n) is 1.43. The summed E-state index contributed by atoms with van der Waals surface area (Å²) in [6, 6.07) is -1.11. The number of rotatable bonds is 4. The molecule has 0 saturated carbocycles. The number of aliphatic carboxylic acids is 1. The van der Waals surface area contributed by atoms with Gasteiger partial charge in [0.2, 0.25) is 0 Å². The molecule has 3 N–H and O–H groups in total. The van der Waals surface area contributed by atoms with Crippen molar-refractivity contribution in [2.24, 2.45) is 5.73 Å². The molecule has 0 fully saturated rings. The number of hydrogen-bond donors (Lipinski definition) is 2. The minimum Gasteiger partial charge on any atom is -0.764 e. The molecule has 0 bridgehead atoms. The van der Waals surface area contributed by atoms with Crippen molar-refractivity contribution in [3.05, 3.63) is 0 Å². The van der Waals surface area contributed by atoms with E-state index in [4.69, 9.17) is 10.8 Å². The van der Waals surface area contributed by atoms with Crippen LogP contribution < -0.4 is 5.73 Å². The minimum absolute atomic E-state index is 0.120. The Kier molecular flexibility index (Phi) is 4.62. The fourth-order valence-corrected chi connectivity index (χ4v) is 1.37. The van der Waals surface area contributed by atoms with Gasteiger partial charge in [-0.2, -0.15) is 0 Å². The van der Waals surface area contributed by atoms with Gasteiger partial charge in [0, 0.05) is 15.9 Å². The highest BCUT2D eigenvalue weighted by atomic mass is 33.1. The Bertz CT molecular complexity index is 149. The zero-order valence-electron chi connectivity index (χ0n) is 4.85. The molecular weight excluding hydrogens is 178 g/mol. The van der Waals surface area contributed by atoms with Gasteiger partial charge in [-0.15, -0.1) is 0 Å². The van der Waals surface area contributed by atoms with Crippen LogP contribution in [0.5, 0.6) is 0 Å². The molecule has 10 heavy (non-hydrogen) atoms. The molecule has 0 heterocycles. The summed E-state index contributed by atoms with van der Waals surface area (Å²) in [5, 5.41) is 8.16. The van der Waals surface area contributed by atoms with Crippen molar-refractivity contribution in [3.8, 4) is 0 Å². The molecule has 0 aromatic carbocycles. The Morgan fingerprint density at radius 3 is 2.70 bits per heavy atom. The van der Waals surface area contributed by atoms with Crippen LogP contribution in [0.1, 0.15) is 0 Å². The van der Waals surface area contributed by atoms with Gasteiger partial charge in [-0.1, -0.05) is 10.8 Å². The second kappa shape index (κ2) is 4.67. The lowest BCUT2D eigenvalue weighted by molar-refractivity contribution is -0.137. The van der Waals surface area contributed by atoms with Crippen molar-refractivity contribution in [3.63, 3.8) is 0 Å². The van der Waals surface area contributed by atoms with E-state index in [1.807, 2.05) is 0 Å². The van der Waals surface area contributed by atoms with E-state index in [1.165, 1.54) is 0 Å². The van der Waals surface area contributed by atoms with Crippen LogP contribution in [0.25, 0.3) is 0 Å². The topological polar surface area (TPSA) is 103 Å². The molecule has 0 spiro atoms. The van der Waals surface area contributed by atoms with Gasteiger partial charge in [0.1, 0.15) is 6.04 Å². The zero-order valence-corrected chi connectivity index (χ0v) is 6.48. The Labute approximate surface area is 63.7 Å². The van der Waals surface area contributed by atoms with Crippen LogP contribution in [0.2, 0.25) is 0 Å². The Morgan fingerprint density at radius 1 is 1.90 bits per heavy atom. The van der Waals surface area contributed by atoms with Crippen LogP contribution in [0.4, 0.5) is 0 Å². The Balaban J connectivity index is 3.49. The quantitative estimate of drug-likeness (QED) is 0.425. The number of carbonyl (C=O) groups is 1. The smallest absolute Gasteiger partial charge is 0.321 e. The maximum Gasteiger partial charge on any atom is 0.321 e. The molecule has 7 heteroatoms. The molecule has 0 amide bonds. The molecule has 0 aliphatic rings. The molecule has 60 valence electrons. The normalized spacial score (nSPS) is 16.2. The van der Waals surface area contributed by atoms with Crippen molar-refractivity contribution in [1.82, 2.24) is 0 Å². The van der Waals surface area contributed by atoms with Crippen molar-refractivity contribution in [2.75, 3.05) is 5.75 Å². The molecule has 2 atom stereocenters. The third kappa shape index (κ3) is 4.74. The minimum atomic E-state index is -2.28. The summed E-state index contributed by atoms with van der Waals surface area (Å²) in [5.41, 5.74) is 4.97. The van der Waals surface area contributed by atoms with Crippen molar-refractivity contribution < 1.29 is 18.7 Å². The number of carboxylic acid groups (broad SMARTS) is 1. The van der Waals surface area contributed by atoms with Crippen molar-refractivity contribution in [1.29, 1.82) is 0 Å². The molecule has 0 rings (SSSR count). The van der Waals surface area contributed by atoms with E-state index in [-0.39, 0.29) is 5.75 Å². The highest BCUT2D eigenvalue weighted by Crippen LogP contribution is 2.04. The van der Waals surface area contributed by atoms with E-state index in [1.54, 1.807) is 0 Å². The Morgan fingerprint density at radius 2 is 2.40 bits per heavy atom. The van der Waals surface area contributed by atoms with Gasteiger partial charge >= 0.3 is 5.97 Å². The first-order valence-corrected chi connectivity index (χ1v) is 4.82. The number of nitrogens with two attached hydrogens (primary N) is 1. The fraction of sp³-hybridized carbons (Fsp3) is 0.667. The van der Waals surface area contributed by atoms with Gasteiger partial charge in [-0.05, 0) is 0 Å². The molecule has 0 aliphatic carbocycles. The molecule has 0 radical (unpaired) electrons. The monoisotopic (exact) mass is 184 g/mol. The molecule has 5 nitrogen and oxygen atoms in total. The average molecular weight is 184 g/mol. The van der Waals surface area contributed by atoms with E-state index < -0.39 is 22.1 Å². The number of carboxylic acids is 1. The van der Waals surface area contributed by atoms with Gasteiger partial charge in [0.05, 0.1) is 0 Å². The average Bonchev–Trinajstić information content (AvgIpc) is 1.82. The molecule has 0 aromatic rings. The lowest BCUT2D eigenvalue weighted by Crippen LogP contribution is -2.32. The standard InChI is InChI=1S/C3H7NO4S2/c4-2(3(5)6)1-9-10(7)8/h2H,1,4H2,(H,5,6)(H,7,8)/p-1/t2-/m0/s1. The van der Waals surface area contributed by atoms with Crippen LogP contribution >= 0.6 is 10.8 Å². The third-order valence-electron chi connectivity index (χ3n) is 0.661. The predicted octanol–water partition coefficient (Wildman–Crippen LogP) is -1.07. The summed E-state index contributed by atoms with van der Waals surface area (Å²) >= 11 is 0. The lowest BCUT2D eigenvalue weighted by atomic mass is 10.4. The van der Waals surface area contributed by atoms with Crippen LogP contribution in [0.3, 0.4) is 0 Å². The van der Waals surface area contributed by atoms with Gasteiger partial charge < -0.3 is 15.4 Å². The first-order chi connectivity index (χ1) is 4.54. The SMILES string of the molecule is N[C@@H](CSS(=O)[O-])C(=O)O. The first-order valence-electron chi connectivity index (χ1n) is 2.25. The molecule has 0 aliphatic heterocycles. The molecule has 0 aromatic heterocycles. The van der Waals surface area contributed by atoms with E-state index in [9.17, 15) is 13.6 Å². The molecule has 0 saturated heterocycles. The number of hydrogen-bond acceptors (Lipinski definition) is 5. The van der Waals surface area contributed by atoms with Gasteiger partial charge in [0.25, 0.3) is 0 Å². The zero-order chi connectivity index (χ0) is 8.15. The summed E-state index contributed by atoms with van der Waals surface area (Å²) in [6.07, 6.45) is 0. The van der Waals surface area contributed by atoms with E-state index in [0.29, 0.717) is 10.8 Å². The highest BCUT2D eigenvalue weighted by molar-refractivity contribution is 8.67. The van der Waals surface area contributed by atoms with Crippen LogP contribution in [-0.4, -0.2) is 31.6 Å². The van der Waals surface area contributed by atoms with Gasteiger partial charge in [-0.3, -0.25) is 9.00 Å². The summed E-state index contributed by atoms with van der Waals surface area (Å²) in [4.78, 5) is 9.97.